The van der Waals surface area contributed by atoms with Gasteiger partial charge in [0, 0.05) is 26.2 Å². The number of benzene rings is 1. The topological polar surface area (TPSA) is 47.7 Å². The summed E-state index contributed by atoms with van der Waals surface area (Å²) in [5.41, 5.74) is 6.92. The highest BCUT2D eigenvalue weighted by molar-refractivity contribution is 5.29. The van der Waals surface area contributed by atoms with Crippen molar-refractivity contribution in [1.82, 2.24) is 4.90 Å². The van der Waals surface area contributed by atoms with Crippen LogP contribution in [0, 0.1) is 0 Å². The second-order valence-electron chi connectivity index (χ2n) is 5.19. The van der Waals surface area contributed by atoms with Crippen LogP contribution < -0.4 is 10.5 Å². The molecule has 2 unspecified atom stereocenters. The van der Waals surface area contributed by atoms with Crippen molar-refractivity contribution in [3.63, 3.8) is 0 Å². The van der Waals surface area contributed by atoms with Crippen LogP contribution >= 0.6 is 0 Å². The van der Waals surface area contributed by atoms with Gasteiger partial charge in [0.1, 0.15) is 5.75 Å². The van der Waals surface area contributed by atoms with Gasteiger partial charge in [0.15, 0.2) is 0 Å². The first-order valence-corrected chi connectivity index (χ1v) is 7.15. The molecular formula is C15H22F2N2O2. The van der Waals surface area contributed by atoms with Gasteiger partial charge in [-0.2, -0.15) is 8.78 Å². The molecule has 2 N–H and O–H groups in total. The zero-order valence-electron chi connectivity index (χ0n) is 12.2. The lowest BCUT2D eigenvalue weighted by Gasteiger charge is -2.37. The molecule has 0 amide bonds. The summed E-state index contributed by atoms with van der Waals surface area (Å²) in [6.45, 7) is -0.512. The Kier molecular flexibility index (Phi) is 5.90. The molecule has 0 aliphatic carbocycles. The number of nitrogens with zero attached hydrogens (tertiary/aromatic N) is 1. The van der Waals surface area contributed by atoms with Crippen molar-refractivity contribution in [3.05, 3.63) is 29.8 Å². The maximum Gasteiger partial charge on any atom is 0.387 e. The van der Waals surface area contributed by atoms with Crippen LogP contribution in [0.3, 0.4) is 0 Å². The standard InChI is InChI=1S/C15H22F2N2O2/c1-20-13-3-2-8-19(10-13)14(9-18)11-4-6-12(7-5-11)21-15(16)17/h4-7,13-15H,2-3,8-10,18H2,1H3. The summed E-state index contributed by atoms with van der Waals surface area (Å²) in [6.07, 6.45) is 2.36. The second kappa shape index (κ2) is 7.68. The predicted octanol–water partition coefficient (Wildman–Crippen LogP) is 2.40. The first kappa shape index (κ1) is 16.1. The van der Waals surface area contributed by atoms with E-state index in [1.165, 1.54) is 0 Å². The Labute approximate surface area is 123 Å². The maximum atomic E-state index is 12.2. The molecule has 1 aromatic rings. The lowest BCUT2D eigenvalue weighted by molar-refractivity contribution is -0.0498. The smallest absolute Gasteiger partial charge is 0.387 e. The Morgan fingerprint density at radius 3 is 2.62 bits per heavy atom. The Morgan fingerprint density at radius 2 is 2.05 bits per heavy atom. The number of ether oxygens (including phenoxy) is 2. The molecule has 1 aromatic carbocycles. The van der Waals surface area contributed by atoms with Gasteiger partial charge in [0.05, 0.1) is 6.10 Å². The minimum atomic E-state index is -2.80. The normalized spacial score (nSPS) is 21.5. The van der Waals surface area contributed by atoms with Gasteiger partial charge >= 0.3 is 6.61 Å². The zero-order chi connectivity index (χ0) is 15.2. The fourth-order valence-corrected chi connectivity index (χ4v) is 2.81. The van der Waals surface area contributed by atoms with Crippen LogP contribution in [-0.2, 0) is 4.74 Å². The highest BCUT2D eigenvalue weighted by Crippen LogP contribution is 2.26. The summed E-state index contributed by atoms with van der Waals surface area (Å²) in [7, 11) is 1.72. The van der Waals surface area contributed by atoms with E-state index in [0.29, 0.717) is 6.54 Å². The number of hydrogen-bond acceptors (Lipinski definition) is 4. The van der Waals surface area contributed by atoms with Gasteiger partial charge in [-0.25, -0.2) is 0 Å². The first-order valence-electron chi connectivity index (χ1n) is 7.15. The molecule has 0 spiro atoms. The van der Waals surface area contributed by atoms with Crippen LogP contribution in [0.15, 0.2) is 24.3 Å². The minimum Gasteiger partial charge on any atom is -0.435 e. The van der Waals surface area contributed by atoms with Crippen molar-refractivity contribution in [2.45, 2.75) is 31.6 Å². The van der Waals surface area contributed by atoms with Crippen LogP contribution in [0.5, 0.6) is 5.75 Å². The van der Waals surface area contributed by atoms with Crippen molar-refractivity contribution in [3.8, 4) is 5.75 Å². The van der Waals surface area contributed by atoms with E-state index in [-0.39, 0.29) is 17.9 Å². The summed E-state index contributed by atoms with van der Waals surface area (Å²) in [5, 5.41) is 0. The van der Waals surface area contributed by atoms with E-state index in [9.17, 15) is 8.78 Å². The molecule has 0 bridgehead atoms. The third-order valence-corrected chi connectivity index (χ3v) is 3.90. The first-order chi connectivity index (χ1) is 10.1. The number of alkyl halides is 2. The van der Waals surface area contributed by atoms with Crippen molar-refractivity contribution >= 4 is 0 Å². The van der Waals surface area contributed by atoms with Crippen molar-refractivity contribution in [2.75, 3.05) is 26.7 Å². The lowest BCUT2D eigenvalue weighted by Crippen LogP contribution is -2.43. The summed E-state index contributed by atoms with van der Waals surface area (Å²) < 4.78 is 34.1. The molecule has 0 saturated carbocycles. The van der Waals surface area contributed by atoms with E-state index in [1.807, 2.05) is 0 Å². The molecule has 6 heteroatoms. The average Bonchev–Trinajstić information content (AvgIpc) is 2.49. The van der Waals surface area contributed by atoms with E-state index >= 15 is 0 Å². The Bertz CT molecular complexity index is 428. The van der Waals surface area contributed by atoms with E-state index in [1.54, 1.807) is 31.4 Å². The molecular weight excluding hydrogens is 278 g/mol. The summed E-state index contributed by atoms with van der Waals surface area (Å²) in [6, 6.07) is 6.78. The van der Waals surface area contributed by atoms with E-state index in [4.69, 9.17) is 10.5 Å². The molecule has 1 heterocycles. The summed E-state index contributed by atoms with van der Waals surface area (Å²) in [5.74, 6) is 0.165. The molecule has 1 fully saturated rings. The number of halogens is 2. The SMILES string of the molecule is COC1CCCN(C(CN)c2ccc(OC(F)F)cc2)C1. The summed E-state index contributed by atoms with van der Waals surface area (Å²) >= 11 is 0. The van der Waals surface area contributed by atoms with Crippen LogP contribution in [0.25, 0.3) is 0 Å². The van der Waals surface area contributed by atoms with E-state index < -0.39 is 6.61 Å². The van der Waals surface area contributed by atoms with Gasteiger partial charge in [-0.1, -0.05) is 12.1 Å². The minimum absolute atomic E-state index is 0.0727. The molecule has 1 aliphatic heterocycles. The van der Waals surface area contributed by atoms with E-state index in [2.05, 4.69) is 9.64 Å². The molecule has 2 rings (SSSR count). The molecule has 4 nitrogen and oxygen atoms in total. The number of hydrogen-bond donors (Lipinski definition) is 1. The Balaban J connectivity index is 2.06. The lowest BCUT2D eigenvalue weighted by atomic mass is 10.0. The van der Waals surface area contributed by atoms with Crippen LogP contribution in [0.4, 0.5) is 8.78 Å². The van der Waals surface area contributed by atoms with Gasteiger partial charge in [-0.15, -0.1) is 0 Å². The number of nitrogens with two attached hydrogens (primary N) is 1. The molecule has 1 saturated heterocycles. The van der Waals surface area contributed by atoms with Gasteiger partial charge in [0.2, 0.25) is 0 Å². The van der Waals surface area contributed by atoms with Gasteiger partial charge < -0.3 is 15.2 Å². The highest BCUT2D eigenvalue weighted by Gasteiger charge is 2.26. The van der Waals surface area contributed by atoms with Crippen LogP contribution in [-0.4, -0.2) is 44.4 Å². The molecule has 2 atom stereocenters. The second-order valence-corrected chi connectivity index (χ2v) is 5.19. The van der Waals surface area contributed by atoms with Crippen molar-refractivity contribution < 1.29 is 18.3 Å². The number of methoxy groups -OCH3 is 1. The third-order valence-electron chi connectivity index (χ3n) is 3.90. The fraction of sp³-hybridized carbons (Fsp3) is 0.600. The van der Waals surface area contributed by atoms with Crippen molar-refractivity contribution in [1.29, 1.82) is 0 Å². The quantitative estimate of drug-likeness (QED) is 0.876. The van der Waals surface area contributed by atoms with Gasteiger partial charge in [-0.05, 0) is 37.1 Å². The molecule has 21 heavy (non-hydrogen) atoms. The van der Waals surface area contributed by atoms with E-state index in [0.717, 1.165) is 31.5 Å². The number of likely N-dealkylation sites (tertiary alicyclic amines) is 1. The Hall–Kier alpha value is -1.24. The van der Waals surface area contributed by atoms with Gasteiger partial charge in [0.25, 0.3) is 0 Å². The van der Waals surface area contributed by atoms with Crippen molar-refractivity contribution in [2.24, 2.45) is 5.73 Å². The zero-order valence-corrected chi connectivity index (χ0v) is 12.2. The van der Waals surface area contributed by atoms with Crippen LogP contribution in [0.1, 0.15) is 24.4 Å². The molecule has 1 aliphatic rings. The predicted molar refractivity (Wildman–Crippen MR) is 76.5 cm³/mol. The molecule has 0 aromatic heterocycles. The highest BCUT2D eigenvalue weighted by atomic mass is 19.3. The maximum absolute atomic E-state index is 12.2. The largest absolute Gasteiger partial charge is 0.435 e. The Morgan fingerprint density at radius 1 is 1.33 bits per heavy atom. The molecule has 118 valence electrons. The summed E-state index contributed by atoms with van der Waals surface area (Å²) in [4.78, 5) is 2.29. The average molecular weight is 300 g/mol. The number of rotatable bonds is 6. The monoisotopic (exact) mass is 300 g/mol. The van der Waals surface area contributed by atoms with Crippen LogP contribution in [0.2, 0.25) is 0 Å². The third kappa shape index (κ3) is 4.36. The molecule has 0 radical (unpaired) electrons. The number of piperidine rings is 1. The fourth-order valence-electron chi connectivity index (χ4n) is 2.81. The van der Waals surface area contributed by atoms with Gasteiger partial charge in [-0.3, -0.25) is 4.90 Å².